The first-order chi connectivity index (χ1) is 10.4. The van der Waals surface area contributed by atoms with Gasteiger partial charge in [-0.1, -0.05) is 0 Å². The molecule has 1 aromatic heterocycles. The Morgan fingerprint density at radius 3 is 2.68 bits per heavy atom. The van der Waals surface area contributed by atoms with E-state index in [1.807, 2.05) is 0 Å². The van der Waals surface area contributed by atoms with Gasteiger partial charge in [-0.15, -0.1) is 0 Å². The van der Waals surface area contributed by atoms with E-state index in [0.717, 1.165) is 18.7 Å². The summed E-state index contributed by atoms with van der Waals surface area (Å²) in [7, 11) is 0. The molecule has 22 heavy (non-hydrogen) atoms. The van der Waals surface area contributed by atoms with Crippen LogP contribution in [0.25, 0.3) is 0 Å². The van der Waals surface area contributed by atoms with Crippen LogP contribution in [-0.2, 0) is 10.9 Å². The molecule has 2 aliphatic heterocycles. The first-order valence-corrected chi connectivity index (χ1v) is 7.38. The molecule has 2 saturated heterocycles. The van der Waals surface area contributed by atoms with Crippen LogP contribution in [0.1, 0.15) is 31.4 Å². The number of aliphatic hydroxyl groups excluding tert-OH is 1. The largest absolute Gasteiger partial charge is 0.433 e. The summed E-state index contributed by atoms with van der Waals surface area (Å²) in [5, 5.41) is 10.2. The molecule has 0 amide bonds. The lowest BCUT2D eigenvalue weighted by Gasteiger charge is -2.46. The van der Waals surface area contributed by atoms with Gasteiger partial charge in [-0.05, 0) is 31.7 Å². The smallest absolute Gasteiger partial charge is 0.390 e. The first kappa shape index (κ1) is 15.5. The van der Waals surface area contributed by atoms with Crippen molar-refractivity contribution < 1.29 is 23.0 Å². The molecular weight excluding hydrogens is 299 g/mol. The van der Waals surface area contributed by atoms with Crippen LogP contribution in [0.3, 0.4) is 0 Å². The molecule has 2 fully saturated rings. The van der Waals surface area contributed by atoms with Crippen molar-refractivity contribution in [3.8, 4) is 0 Å². The maximum Gasteiger partial charge on any atom is 0.433 e. The molecule has 0 aromatic carbocycles. The third-order valence-corrected chi connectivity index (χ3v) is 4.44. The summed E-state index contributed by atoms with van der Waals surface area (Å²) in [5.74, 6) is 0.0787. The van der Waals surface area contributed by atoms with Crippen molar-refractivity contribution in [1.82, 2.24) is 9.97 Å². The van der Waals surface area contributed by atoms with E-state index in [-0.39, 0.29) is 5.95 Å². The maximum atomic E-state index is 12.7. The van der Waals surface area contributed by atoms with E-state index >= 15 is 0 Å². The topological polar surface area (TPSA) is 58.5 Å². The van der Waals surface area contributed by atoms with Crippen LogP contribution in [-0.4, -0.2) is 46.5 Å². The van der Waals surface area contributed by atoms with Crippen LogP contribution in [0, 0.1) is 0 Å². The molecule has 3 heterocycles. The van der Waals surface area contributed by atoms with Crippen LogP contribution in [0.4, 0.5) is 19.1 Å². The van der Waals surface area contributed by atoms with Gasteiger partial charge in [0.05, 0.1) is 11.7 Å². The Bertz CT molecular complexity index is 530. The predicted molar refractivity (Wildman–Crippen MR) is 72.4 cm³/mol. The highest BCUT2D eigenvalue weighted by molar-refractivity contribution is 5.32. The van der Waals surface area contributed by atoms with Gasteiger partial charge in [0, 0.05) is 25.9 Å². The highest BCUT2D eigenvalue weighted by Crippen LogP contribution is 2.36. The van der Waals surface area contributed by atoms with Crippen LogP contribution < -0.4 is 4.90 Å². The van der Waals surface area contributed by atoms with Crippen LogP contribution in [0.5, 0.6) is 0 Å². The summed E-state index contributed by atoms with van der Waals surface area (Å²) in [5.41, 5.74) is -1.50. The van der Waals surface area contributed by atoms with Gasteiger partial charge in [0.1, 0.15) is 5.69 Å². The molecule has 0 aliphatic carbocycles. The summed E-state index contributed by atoms with van der Waals surface area (Å²) < 4.78 is 43.9. The van der Waals surface area contributed by atoms with Crippen molar-refractivity contribution in [2.24, 2.45) is 0 Å². The van der Waals surface area contributed by atoms with E-state index in [1.54, 1.807) is 4.90 Å². The molecule has 0 bridgehead atoms. The number of ether oxygens (including phenoxy) is 1. The number of piperidine rings is 1. The minimum atomic E-state index is -4.47. The van der Waals surface area contributed by atoms with Crippen LogP contribution >= 0.6 is 0 Å². The quantitative estimate of drug-likeness (QED) is 0.858. The summed E-state index contributed by atoms with van der Waals surface area (Å²) in [6.45, 7) is 1.56. The molecule has 1 spiro atoms. The molecule has 1 atom stereocenters. The lowest BCUT2D eigenvalue weighted by atomic mass is 9.82. The zero-order valence-corrected chi connectivity index (χ0v) is 12.0. The minimum absolute atomic E-state index is 0.0787. The summed E-state index contributed by atoms with van der Waals surface area (Å²) in [4.78, 5) is 9.26. The number of alkyl halides is 3. The lowest BCUT2D eigenvalue weighted by Crippen LogP contribution is -2.55. The maximum absolute atomic E-state index is 12.7. The molecule has 2 aliphatic rings. The first-order valence-electron chi connectivity index (χ1n) is 7.38. The summed E-state index contributed by atoms with van der Waals surface area (Å²) in [6.07, 6.45) is -1.19. The number of nitrogens with zero attached hydrogens (tertiary/aromatic N) is 3. The molecule has 1 aromatic rings. The standard InChI is InChI=1S/C14H18F3N3O2/c15-14(16,17)10-3-6-18-12(19-10)20-7-4-13(5-8-20)11(21)2-1-9-22-13/h3,6,11,21H,1-2,4-5,7-9H2/t11-/m0/s1. The molecule has 8 heteroatoms. The normalized spacial score (nSPS) is 25.5. The van der Waals surface area contributed by atoms with Crippen molar-refractivity contribution >= 4 is 5.95 Å². The molecule has 3 rings (SSSR count). The van der Waals surface area contributed by atoms with Gasteiger partial charge in [0.2, 0.25) is 5.95 Å². The number of anilines is 1. The Balaban J connectivity index is 1.71. The van der Waals surface area contributed by atoms with Gasteiger partial charge < -0.3 is 14.7 Å². The number of hydrogen-bond acceptors (Lipinski definition) is 5. The fourth-order valence-electron chi connectivity index (χ4n) is 3.13. The Morgan fingerprint density at radius 1 is 1.32 bits per heavy atom. The van der Waals surface area contributed by atoms with E-state index < -0.39 is 23.6 Å². The second kappa shape index (κ2) is 5.66. The van der Waals surface area contributed by atoms with Crippen LogP contribution in [0.2, 0.25) is 0 Å². The number of rotatable bonds is 1. The summed E-state index contributed by atoms with van der Waals surface area (Å²) in [6, 6.07) is 0.864. The molecular formula is C14H18F3N3O2. The zero-order valence-electron chi connectivity index (χ0n) is 12.0. The second-order valence-electron chi connectivity index (χ2n) is 5.80. The molecule has 0 radical (unpaired) electrons. The zero-order chi connectivity index (χ0) is 15.8. The highest BCUT2D eigenvalue weighted by Gasteiger charge is 2.44. The van der Waals surface area contributed by atoms with Crippen molar-refractivity contribution in [1.29, 1.82) is 0 Å². The van der Waals surface area contributed by atoms with Gasteiger partial charge in [0.15, 0.2) is 0 Å². The Hall–Kier alpha value is -1.41. The van der Waals surface area contributed by atoms with Gasteiger partial charge in [-0.25, -0.2) is 9.97 Å². The van der Waals surface area contributed by atoms with E-state index in [1.165, 1.54) is 0 Å². The van der Waals surface area contributed by atoms with E-state index in [2.05, 4.69) is 9.97 Å². The van der Waals surface area contributed by atoms with Gasteiger partial charge in [-0.2, -0.15) is 13.2 Å². The number of halogens is 3. The molecule has 0 saturated carbocycles. The number of aliphatic hydroxyl groups is 1. The van der Waals surface area contributed by atoms with E-state index in [9.17, 15) is 18.3 Å². The average molecular weight is 317 g/mol. The SMILES string of the molecule is O[C@H]1CCCOC12CCN(c1nccc(C(F)(F)F)n1)CC2. The lowest BCUT2D eigenvalue weighted by molar-refractivity contribution is -0.164. The monoisotopic (exact) mass is 317 g/mol. The molecule has 1 N–H and O–H groups in total. The fourth-order valence-corrected chi connectivity index (χ4v) is 3.13. The van der Waals surface area contributed by atoms with Crippen molar-refractivity contribution in [3.05, 3.63) is 18.0 Å². The highest BCUT2D eigenvalue weighted by atomic mass is 19.4. The van der Waals surface area contributed by atoms with Crippen molar-refractivity contribution in [3.63, 3.8) is 0 Å². The van der Waals surface area contributed by atoms with E-state index in [4.69, 9.17) is 4.74 Å². The third-order valence-electron chi connectivity index (χ3n) is 4.44. The molecule has 122 valence electrons. The average Bonchev–Trinajstić information content (AvgIpc) is 2.51. The molecule has 0 unspecified atom stereocenters. The van der Waals surface area contributed by atoms with Gasteiger partial charge in [0.25, 0.3) is 0 Å². The number of hydrogen-bond donors (Lipinski definition) is 1. The molecule has 5 nitrogen and oxygen atoms in total. The minimum Gasteiger partial charge on any atom is -0.390 e. The Morgan fingerprint density at radius 2 is 2.05 bits per heavy atom. The van der Waals surface area contributed by atoms with Gasteiger partial charge >= 0.3 is 6.18 Å². The Labute approximate surface area is 126 Å². The van der Waals surface area contributed by atoms with Crippen molar-refractivity contribution in [2.45, 2.75) is 43.6 Å². The summed E-state index contributed by atoms with van der Waals surface area (Å²) >= 11 is 0. The van der Waals surface area contributed by atoms with E-state index in [0.29, 0.717) is 39.0 Å². The van der Waals surface area contributed by atoms with Crippen LogP contribution in [0.15, 0.2) is 12.3 Å². The third kappa shape index (κ3) is 2.89. The Kier molecular flexibility index (Phi) is 3.98. The fraction of sp³-hybridized carbons (Fsp3) is 0.714. The van der Waals surface area contributed by atoms with Gasteiger partial charge in [-0.3, -0.25) is 0 Å². The predicted octanol–water partition coefficient (Wildman–Crippen LogP) is 2.01. The van der Waals surface area contributed by atoms with Crippen molar-refractivity contribution in [2.75, 3.05) is 24.6 Å². The second-order valence-corrected chi connectivity index (χ2v) is 5.80. The number of aromatic nitrogens is 2.